The van der Waals surface area contributed by atoms with E-state index in [1.165, 1.54) is 0 Å². The van der Waals surface area contributed by atoms with Crippen molar-refractivity contribution in [2.24, 2.45) is 11.1 Å². The van der Waals surface area contributed by atoms with Crippen LogP contribution in [0, 0.1) is 5.41 Å². The highest BCUT2D eigenvalue weighted by atomic mass is 16.3. The van der Waals surface area contributed by atoms with Gasteiger partial charge in [0.1, 0.15) is 5.76 Å². The van der Waals surface area contributed by atoms with Gasteiger partial charge in [-0.3, -0.25) is 4.79 Å². The van der Waals surface area contributed by atoms with Gasteiger partial charge in [0.2, 0.25) is 5.91 Å². The van der Waals surface area contributed by atoms with Crippen LogP contribution in [0.2, 0.25) is 0 Å². The van der Waals surface area contributed by atoms with Crippen LogP contribution in [0.1, 0.15) is 32.4 Å². The van der Waals surface area contributed by atoms with E-state index in [1.807, 2.05) is 26.0 Å². The maximum absolute atomic E-state index is 12.4. The fourth-order valence-corrected chi connectivity index (χ4v) is 2.04. The average molecular weight is 238 g/mol. The Bertz CT molecular complexity index is 334. The number of furan rings is 1. The lowest BCUT2D eigenvalue weighted by Gasteiger charge is -2.32. The van der Waals surface area contributed by atoms with Crippen LogP contribution in [0.3, 0.4) is 0 Å². The molecule has 0 aliphatic rings. The SMILES string of the molecule is CCC(CC)(CN)C(=O)N(C)Cc1ccco1. The minimum absolute atomic E-state index is 0.0985. The Morgan fingerprint density at radius 1 is 1.47 bits per heavy atom. The van der Waals surface area contributed by atoms with E-state index in [0.717, 1.165) is 18.6 Å². The van der Waals surface area contributed by atoms with Crippen molar-refractivity contribution in [3.8, 4) is 0 Å². The van der Waals surface area contributed by atoms with Gasteiger partial charge in [0, 0.05) is 13.6 Å². The Labute approximate surface area is 103 Å². The average Bonchev–Trinajstić information content (AvgIpc) is 2.84. The monoisotopic (exact) mass is 238 g/mol. The van der Waals surface area contributed by atoms with E-state index in [1.54, 1.807) is 18.2 Å². The van der Waals surface area contributed by atoms with Gasteiger partial charge in [0.05, 0.1) is 18.2 Å². The lowest BCUT2D eigenvalue weighted by atomic mass is 9.81. The standard InChI is InChI=1S/C13H22N2O2/c1-4-13(5-2,10-14)12(16)15(3)9-11-7-6-8-17-11/h6-8H,4-5,9-10,14H2,1-3H3. The third-order valence-electron chi connectivity index (χ3n) is 3.52. The summed E-state index contributed by atoms with van der Waals surface area (Å²) in [6.07, 6.45) is 3.14. The molecular formula is C13H22N2O2. The van der Waals surface area contributed by atoms with Crippen LogP contribution in [-0.4, -0.2) is 24.4 Å². The summed E-state index contributed by atoms with van der Waals surface area (Å²) in [7, 11) is 1.79. The highest BCUT2D eigenvalue weighted by Crippen LogP contribution is 2.27. The highest BCUT2D eigenvalue weighted by molar-refractivity contribution is 5.82. The van der Waals surface area contributed by atoms with Gasteiger partial charge in [0.15, 0.2) is 0 Å². The van der Waals surface area contributed by atoms with Crippen LogP contribution >= 0.6 is 0 Å². The molecule has 1 aromatic heterocycles. The van der Waals surface area contributed by atoms with Gasteiger partial charge in [0.25, 0.3) is 0 Å². The summed E-state index contributed by atoms with van der Waals surface area (Å²) < 4.78 is 5.24. The first-order valence-corrected chi connectivity index (χ1v) is 6.07. The van der Waals surface area contributed by atoms with Gasteiger partial charge >= 0.3 is 0 Å². The first-order valence-electron chi connectivity index (χ1n) is 6.07. The summed E-state index contributed by atoms with van der Waals surface area (Å²) in [5.74, 6) is 0.889. The summed E-state index contributed by atoms with van der Waals surface area (Å²) in [4.78, 5) is 14.1. The number of amides is 1. The normalized spacial score (nSPS) is 11.5. The van der Waals surface area contributed by atoms with Crippen molar-refractivity contribution in [1.29, 1.82) is 0 Å². The fourth-order valence-electron chi connectivity index (χ4n) is 2.04. The summed E-state index contributed by atoms with van der Waals surface area (Å²) >= 11 is 0. The quantitative estimate of drug-likeness (QED) is 0.824. The first-order chi connectivity index (χ1) is 8.09. The van der Waals surface area contributed by atoms with Crippen LogP contribution in [-0.2, 0) is 11.3 Å². The zero-order valence-electron chi connectivity index (χ0n) is 10.9. The molecule has 1 aromatic rings. The lowest BCUT2D eigenvalue weighted by molar-refractivity contribution is -0.141. The Morgan fingerprint density at radius 3 is 2.53 bits per heavy atom. The number of carbonyl (C=O) groups is 1. The number of carbonyl (C=O) groups excluding carboxylic acids is 1. The molecule has 1 heterocycles. The Morgan fingerprint density at radius 2 is 2.12 bits per heavy atom. The minimum atomic E-state index is -0.429. The van der Waals surface area contributed by atoms with Crippen LogP contribution in [0.15, 0.2) is 22.8 Å². The number of rotatable bonds is 6. The van der Waals surface area contributed by atoms with Crippen molar-refractivity contribution in [3.63, 3.8) is 0 Å². The van der Waals surface area contributed by atoms with E-state index in [4.69, 9.17) is 10.2 Å². The van der Waals surface area contributed by atoms with Crippen molar-refractivity contribution in [3.05, 3.63) is 24.2 Å². The molecule has 0 saturated carbocycles. The van der Waals surface area contributed by atoms with Crippen LogP contribution in [0.5, 0.6) is 0 Å². The largest absolute Gasteiger partial charge is 0.467 e. The molecule has 0 unspecified atom stereocenters. The molecule has 4 nitrogen and oxygen atoms in total. The van der Waals surface area contributed by atoms with Gasteiger partial charge in [-0.2, -0.15) is 0 Å². The van der Waals surface area contributed by atoms with Gasteiger partial charge in [-0.25, -0.2) is 0 Å². The third kappa shape index (κ3) is 2.88. The molecule has 17 heavy (non-hydrogen) atoms. The van der Waals surface area contributed by atoms with Crippen molar-refractivity contribution in [1.82, 2.24) is 4.90 Å². The van der Waals surface area contributed by atoms with Crippen LogP contribution in [0.25, 0.3) is 0 Å². The lowest BCUT2D eigenvalue weighted by Crippen LogP contribution is -2.45. The molecular weight excluding hydrogens is 216 g/mol. The van der Waals surface area contributed by atoms with E-state index in [-0.39, 0.29) is 5.91 Å². The summed E-state index contributed by atoms with van der Waals surface area (Å²) in [6.45, 7) is 4.90. The second-order valence-corrected chi connectivity index (χ2v) is 4.43. The molecule has 0 spiro atoms. The zero-order valence-corrected chi connectivity index (χ0v) is 10.9. The summed E-state index contributed by atoms with van der Waals surface area (Å²) in [5.41, 5.74) is 5.34. The predicted octanol–water partition coefficient (Wildman–Crippen LogP) is 2.00. The van der Waals surface area contributed by atoms with Gasteiger partial charge in [-0.1, -0.05) is 13.8 Å². The molecule has 2 N–H and O–H groups in total. The maximum atomic E-state index is 12.4. The molecule has 4 heteroatoms. The topological polar surface area (TPSA) is 59.5 Å². The Hall–Kier alpha value is -1.29. The molecule has 0 aliphatic heterocycles. The molecule has 0 saturated heterocycles. The molecule has 1 amide bonds. The van der Waals surface area contributed by atoms with Gasteiger partial charge in [-0.15, -0.1) is 0 Å². The van der Waals surface area contributed by atoms with Crippen LogP contribution < -0.4 is 5.73 Å². The molecule has 0 aliphatic carbocycles. The number of hydrogen-bond acceptors (Lipinski definition) is 3. The minimum Gasteiger partial charge on any atom is -0.467 e. The molecule has 0 aromatic carbocycles. The maximum Gasteiger partial charge on any atom is 0.230 e. The number of hydrogen-bond donors (Lipinski definition) is 1. The second-order valence-electron chi connectivity index (χ2n) is 4.43. The van der Waals surface area contributed by atoms with Crippen molar-refractivity contribution < 1.29 is 9.21 Å². The Balaban J connectivity index is 2.74. The second kappa shape index (κ2) is 5.87. The van der Waals surface area contributed by atoms with Crippen molar-refractivity contribution in [2.75, 3.05) is 13.6 Å². The summed E-state index contributed by atoms with van der Waals surface area (Å²) in [6, 6.07) is 3.69. The summed E-state index contributed by atoms with van der Waals surface area (Å²) in [5, 5.41) is 0. The number of nitrogens with zero attached hydrogens (tertiary/aromatic N) is 1. The molecule has 0 atom stereocenters. The molecule has 1 rings (SSSR count). The predicted molar refractivity (Wildman–Crippen MR) is 67.3 cm³/mol. The molecule has 96 valence electrons. The molecule has 0 fully saturated rings. The fraction of sp³-hybridized carbons (Fsp3) is 0.615. The van der Waals surface area contributed by atoms with E-state index < -0.39 is 5.41 Å². The smallest absolute Gasteiger partial charge is 0.230 e. The van der Waals surface area contributed by atoms with E-state index in [2.05, 4.69) is 0 Å². The molecule has 0 bridgehead atoms. The number of nitrogens with two attached hydrogens (primary N) is 1. The van der Waals surface area contributed by atoms with Crippen molar-refractivity contribution >= 4 is 5.91 Å². The van der Waals surface area contributed by atoms with E-state index in [0.29, 0.717) is 13.1 Å². The van der Waals surface area contributed by atoms with Crippen molar-refractivity contribution in [2.45, 2.75) is 33.2 Å². The first kappa shape index (κ1) is 13.8. The van der Waals surface area contributed by atoms with Gasteiger partial charge < -0.3 is 15.1 Å². The third-order valence-corrected chi connectivity index (χ3v) is 3.52. The van der Waals surface area contributed by atoms with E-state index >= 15 is 0 Å². The van der Waals surface area contributed by atoms with Crippen LogP contribution in [0.4, 0.5) is 0 Å². The van der Waals surface area contributed by atoms with E-state index in [9.17, 15) is 4.79 Å². The Kier molecular flexibility index (Phi) is 4.75. The zero-order chi connectivity index (χ0) is 12.9. The molecule has 0 radical (unpaired) electrons. The highest BCUT2D eigenvalue weighted by Gasteiger charge is 2.35. The van der Waals surface area contributed by atoms with Gasteiger partial charge in [-0.05, 0) is 25.0 Å².